The van der Waals surface area contributed by atoms with Gasteiger partial charge < -0.3 is 36.2 Å². The van der Waals surface area contributed by atoms with Gasteiger partial charge in [0.25, 0.3) is 0 Å². The number of hydrogen-bond acceptors (Lipinski definition) is 10. The number of aliphatic carboxylic acids is 1. The van der Waals surface area contributed by atoms with Crippen LogP contribution in [0.4, 0.5) is 11.6 Å². The molecule has 0 amide bonds. The molecule has 13 heteroatoms. The molecule has 0 unspecified atom stereocenters. The first-order valence-electron chi connectivity index (χ1n) is 9.85. The summed E-state index contributed by atoms with van der Waals surface area (Å²) >= 11 is 0. The first-order chi connectivity index (χ1) is 15.9. The summed E-state index contributed by atoms with van der Waals surface area (Å²) in [6.07, 6.45) is 2.38. The molecule has 0 bridgehead atoms. The molecule has 8 N–H and O–H groups in total. The van der Waals surface area contributed by atoms with E-state index in [4.69, 9.17) is 30.7 Å². The molecule has 0 radical (unpaired) electrons. The quantitative estimate of drug-likeness (QED) is 0.274. The lowest BCUT2D eigenvalue weighted by molar-refractivity contribution is -0.145. The fraction of sp³-hybridized carbons (Fsp3) is 0.286. The number of nitrogens with two attached hydrogens (primary N) is 1. The van der Waals surface area contributed by atoms with Gasteiger partial charge in [-0.15, -0.1) is 0 Å². The van der Waals surface area contributed by atoms with Crippen LogP contribution in [0.5, 0.6) is 11.5 Å². The van der Waals surface area contributed by atoms with Gasteiger partial charge in [-0.1, -0.05) is 6.07 Å². The average molecular weight is 473 g/mol. The Labute approximate surface area is 195 Å². The smallest absolute Gasteiger partial charge is 0.332 e. The van der Waals surface area contributed by atoms with Gasteiger partial charge in [0.15, 0.2) is 11.5 Å². The Bertz CT molecular complexity index is 1080. The van der Waals surface area contributed by atoms with Crippen LogP contribution >= 0.6 is 0 Å². The van der Waals surface area contributed by atoms with E-state index >= 15 is 0 Å². The van der Waals surface area contributed by atoms with Crippen LogP contribution in [-0.2, 0) is 4.79 Å². The number of carbonyl (C=O) groups is 1. The molecule has 2 aromatic heterocycles. The number of hydrogen-bond donors (Lipinski definition) is 5. The molecule has 0 saturated carbocycles. The number of aliphatic hydroxyl groups is 1. The second-order valence-electron chi connectivity index (χ2n) is 6.53. The highest BCUT2D eigenvalue weighted by Gasteiger charge is 2.16. The number of benzene rings is 1. The minimum Gasteiger partial charge on any atom is -0.496 e. The molecule has 0 spiro atoms. The molecule has 13 nitrogen and oxygen atoms in total. The number of carboxylic acid groups (broad SMARTS) is 1. The van der Waals surface area contributed by atoms with Crippen molar-refractivity contribution in [1.29, 1.82) is 5.26 Å². The fourth-order valence-electron chi connectivity index (χ4n) is 2.43. The van der Waals surface area contributed by atoms with Crippen molar-refractivity contribution < 1.29 is 30.0 Å². The molecule has 0 saturated heterocycles. The van der Waals surface area contributed by atoms with Gasteiger partial charge >= 0.3 is 5.97 Å². The van der Waals surface area contributed by atoms with E-state index < -0.39 is 12.1 Å². The lowest BCUT2D eigenvalue weighted by Crippen LogP contribution is -2.13. The topological polar surface area (TPSA) is 224 Å². The molecule has 1 atom stereocenters. The molecule has 0 aliphatic heterocycles. The zero-order valence-corrected chi connectivity index (χ0v) is 18.6. The van der Waals surface area contributed by atoms with Crippen LogP contribution in [0.2, 0.25) is 0 Å². The molecule has 182 valence electrons. The molecule has 2 heterocycles. The number of nitriles is 1. The van der Waals surface area contributed by atoms with E-state index in [-0.39, 0.29) is 11.2 Å². The van der Waals surface area contributed by atoms with Gasteiger partial charge in [0.2, 0.25) is 0 Å². The summed E-state index contributed by atoms with van der Waals surface area (Å²) in [7, 11) is 1.60. The number of H-pyrrole nitrogens is 1. The van der Waals surface area contributed by atoms with Crippen molar-refractivity contribution in [3.05, 3.63) is 42.4 Å². The molecule has 0 aliphatic carbocycles. The Hall–Kier alpha value is -4.25. The third kappa shape index (κ3) is 8.02. The molecule has 0 aliphatic rings. The standard InChI is InChI=1S/C18H19N7O2.C3H6O3.H2O/c1-26-14-4-2-5-15(27-7-3-6-19)18(14)13-8-16(25-24-13)23-17-11-21-12(9-20)10-22-17;1-2(4)3(5)6;/h2,4-5,8,10-11H,3,6-7,19H2,1H3,(H2,22,23,24,25);2,4H,1H3,(H,5,6);1H2/t;2-;/m.0./s1. The number of carboxylic acids is 1. The Morgan fingerprint density at radius 3 is 2.56 bits per heavy atom. The molecule has 3 aromatic rings. The largest absolute Gasteiger partial charge is 0.496 e. The third-order valence-corrected chi connectivity index (χ3v) is 4.04. The minimum atomic E-state index is -1.23. The number of aliphatic hydroxyl groups excluding tert-OH is 1. The van der Waals surface area contributed by atoms with Crippen LogP contribution in [0.15, 0.2) is 36.7 Å². The lowest BCUT2D eigenvalue weighted by Gasteiger charge is -2.13. The molecule has 3 rings (SSSR count). The van der Waals surface area contributed by atoms with Gasteiger partial charge in [-0.2, -0.15) is 10.4 Å². The molecule has 34 heavy (non-hydrogen) atoms. The Morgan fingerprint density at radius 2 is 2.00 bits per heavy atom. The van der Waals surface area contributed by atoms with Crippen molar-refractivity contribution in [1.82, 2.24) is 20.2 Å². The Balaban J connectivity index is 0.000000735. The number of nitrogens with zero attached hydrogens (tertiary/aromatic N) is 4. The predicted molar refractivity (Wildman–Crippen MR) is 123 cm³/mol. The highest BCUT2D eigenvalue weighted by Crippen LogP contribution is 2.38. The van der Waals surface area contributed by atoms with E-state index in [1.165, 1.54) is 19.3 Å². The number of methoxy groups -OCH3 is 1. The van der Waals surface area contributed by atoms with E-state index in [0.29, 0.717) is 36.3 Å². The molecular weight excluding hydrogens is 446 g/mol. The number of ether oxygens (including phenoxy) is 2. The highest BCUT2D eigenvalue weighted by molar-refractivity contribution is 5.76. The number of nitrogens with one attached hydrogen (secondary N) is 2. The zero-order chi connectivity index (χ0) is 24.2. The van der Waals surface area contributed by atoms with Gasteiger partial charge in [-0.05, 0) is 32.0 Å². The maximum atomic E-state index is 9.45. The zero-order valence-electron chi connectivity index (χ0n) is 18.6. The molecular formula is C21H27N7O6. The fourth-order valence-corrected chi connectivity index (χ4v) is 2.43. The number of anilines is 2. The van der Waals surface area contributed by atoms with Crippen molar-refractivity contribution in [3.8, 4) is 28.8 Å². The van der Waals surface area contributed by atoms with Crippen LogP contribution in [0.25, 0.3) is 11.3 Å². The van der Waals surface area contributed by atoms with Gasteiger partial charge in [0.1, 0.15) is 29.5 Å². The number of aromatic amines is 1. The van der Waals surface area contributed by atoms with Crippen molar-refractivity contribution in [2.24, 2.45) is 5.73 Å². The van der Waals surface area contributed by atoms with Gasteiger partial charge in [-0.25, -0.2) is 14.8 Å². The highest BCUT2D eigenvalue weighted by atomic mass is 16.5. The van der Waals surface area contributed by atoms with E-state index in [1.807, 2.05) is 30.3 Å². The SMILES string of the molecule is COc1cccc(OCCCN)c1-c1cc(Nc2cnc(C#N)cn2)n[nH]1.C[C@H](O)C(=O)O.O. The van der Waals surface area contributed by atoms with Gasteiger partial charge in [-0.3, -0.25) is 5.10 Å². The van der Waals surface area contributed by atoms with Crippen molar-refractivity contribution in [2.75, 3.05) is 25.6 Å². The number of rotatable bonds is 9. The average Bonchev–Trinajstić information content (AvgIpc) is 3.27. The maximum absolute atomic E-state index is 9.45. The second kappa shape index (κ2) is 14.0. The van der Waals surface area contributed by atoms with Crippen molar-refractivity contribution >= 4 is 17.6 Å². The van der Waals surface area contributed by atoms with E-state index in [2.05, 4.69) is 25.5 Å². The van der Waals surface area contributed by atoms with Crippen LogP contribution < -0.4 is 20.5 Å². The Morgan fingerprint density at radius 1 is 1.29 bits per heavy atom. The lowest BCUT2D eigenvalue weighted by atomic mass is 10.1. The Kier molecular flexibility index (Phi) is 11.4. The minimum absolute atomic E-state index is 0. The van der Waals surface area contributed by atoms with E-state index in [0.717, 1.165) is 17.7 Å². The summed E-state index contributed by atoms with van der Waals surface area (Å²) < 4.78 is 11.3. The predicted octanol–water partition coefficient (Wildman–Crippen LogP) is 0.845. The van der Waals surface area contributed by atoms with Crippen LogP contribution in [0, 0.1) is 11.3 Å². The van der Waals surface area contributed by atoms with Crippen molar-refractivity contribution in [3.63, 3.8) is 0 Å². The second-order valence-corrected chi connectivity index (χ2v) is 6.53. The van der Waals surface area contributed by atoms with Crippen LogP contribution in [-0.4, -0.2) is 68.2 Å². The third-order valence-electron chi connectivity index (χ3n) is 4.04. The summed E-state index contributed by atoms with van der Waals surface area (Å²) in [5, 5.41) is 34.8. The molecule has 0 fully saturated rings. The monoisotopic (exact) mass is 473 g/mol. The maximum Gasteiger partial charge on any atom is 0.332 e. The van der Waals surface area contributed by atoms with E-state index in [9.17, 15) is 4.79 Å². The van der Waals surface area contributed by atoms with Crippen LogP contribution in [0.1, 0.15) is 19.0 Å². The number of aromatic nitrogens is 4. The van der Waals surface area contributed by atoms with Crippen LogP contribution in [0.3, 0.4) is 0 Å². The van der Waals surface area contributed by atoms with Gasteiger partial charge in [0, 0.05) is 6.07 Å². The summed E-state index contributed by atoms with van der Waals surface area (Å²) in [6, 6.07) is 9.32. The normalized spacial score (nSPS) is 10.6. The summed E-state index contributed by atoms with van der Waals surface area (Å²) in [4.78, 5) is 17.5. The summed E-state index contributed by atoms with van der Waals surface area (Å²) in [6.45, 7) is 2.27. The first-order valence-corrected chi connectivity index (χ1v) is 9.85. The van der Waals surface area contributed by atoms with Gasteiger partial charge in [0.05, 0.1) is 37.4 Å². The molecule has 1 aromatic carbocycles. The summed E-state index contributed by atoms with van der Waals surface area (Å²) in [5.74, 6) is 1.18. The first kappa shape index (κ1) is 27.8. The van der Waals surface area contributed by atoms with Crippen molar-refractivity contribution in [2.45, 2.75) is 19.4 Å². The summed E-state index contributed by atoms with van der Waals surface area (Å²) in [5.41, 5.74) is 7.27. The van der Waals surface area contributed by atoms with E-state index in [1.54, 1.807) is 7.11 Å².